The fraction of sp³-hybridized carbons (Fsp3) is 0.448. The summed E-state index contributed by atoms with van der Waals surface area (Å²) in [4.78, 5) is 15.4. The Bertz CT molecular complexity index is 1260. The van der Waals surface area contributed by atoms with Gasteiger partial charge in [-0.3, -0.25) is 9.89 Å². The molecule has 1 amide bonds. The average Bonchev–Trinajstić information content (AvgIpc) is 3.43. The standard InChI is InChI=1S/C29H36ClN3O4/c1-5-7-9-10-14-37-23-12-11-19(16-24(23)36-4)28-25-26(20-17-21(30)18(3)15-22(20)34)31-32-27(25)29(35)33(28)13-8-6-2/h11-12,15-17,28,34H,5-10,13-14H2,1-4H3,(H,31,32). The van der Waals surface area contributed by atoms with Crippen LogP contribution in [0, 0.1) is 6.92 Å². The van der Waals surface area contributed by atoms with Gasteiger partial charge in [0.25, 0.3) is 5.91 Å². The molecule has 0 aliphatic carbocycles. The number of phenols is 1. The first kappa shape index (κ1) is 26.9. The number of halogens is 1. The second kappa shape index (κ2) is 11.9. The van der Waals surface area contributed by atoms with Gasteiger partial charge in [-0.2, -0.15) is 5.10 Å². The number of aryl methyl sites for hydroxylation is 1. The number of aromatic amines is 1. The Morgan fingerprint density at radius 2 is 1.86 bits per heavy atom. The maximum absolute atomic E-state index is 13.5. The molecule has 0 spiro atoms. The predicted octanol–water partition coefficient (Wildman–Crippen LogP) is 7.06. The molecule has 2 aromatic carbocycles. The van der Waals surface area contributed by atoms with Gasteiger partial charge in [0.15, 0.2) is 11.5 Å². The fourth-order valence-electron chi connectivity index (χ4n) is 4.85. The van der Waals surface area contributed by atoms with Crippen molar-refractivity contribution in [1.29, 1.82) is 0 Å². The highest BCUT2D eigenvalue weighted by molar-refractivity contribution is 6.31. The molecule has 0 bridgehead atoms. The van der Waals surface area contributed by atoms with Gasteiger partial charge in [0.2, 0.25) is 0 Å². The van der Waals surface area contributed by atoms with Gasteiger partial charge in [-0.05, 0) is 55.2 Å². The van der Waals surface area contributed by atoms with Crippen LogP contribution < -0.4 is 9.47 Å². The Balaban J connectivity index is 1.75. The summed E-state index contributed by atoms with van der Waals surface area (Å²) in [6, 6.07) is 8.76. The molecule has 1 atom stereocenters. The summed E-state index contributed by atoms with van der Waals surface area (Å²) in [6.07, 6.45) is 6.32. The largest absolute Gasteiger partial charge is 0.507 e. The van der Waals surface area contributed by atoms with Gasteiger partial charge in [-0.1, -0.05) is 57.2 Å². The Morgan fingerprint density at radius 3 is 2.59 bits per heavy atom. The highest BCUT2D eigenvalue weighted by atomic mass is 35.5. The van der Waals surface area contributed by atoms with Crippen LogP contribution in [-0.2, 0) is 0 Å². The van der Waals surface area contributed by atoms with Gasteiger partial charge in [0, 0.05) is 22.7 Å². The van der Waals surface area contributed by atoms with Crippen LogP contribution in [0.1, 0.15) is 85.6 Å². The van der Waals surface area contributed by atoms with Gasteiger partial charge in [-0.25, -0.2) is 0 Å². The highest BCUT2D eigenvalue weighted by Crippen LogP contribution is 2.46. The number of aromatic hydroxyl groups is 1. The van der Waals surface area contributed by atoms with Crippen LogP contribution >= 0.6 is 11.6 Å². The molecule has 2 N–H and O–H groups in total. The molecule has 2 heterocycles. The van der Waals surface area contributed by atoms with E-state index in [2.05, 4.69) is 24.0 Å². The molecule has 1 unspecified atom stereocenters. The molecule has 1 aromatic heterocycles. The first-order valence-corrected chi connectivity index (χ1v) is 13.5. The number of carbonyl (C=O) groups is 1. The first-order valence-electron chi connectivity index (χ1n) is 13.1. The van der Waals surface area contributed by atoms with Crippen molar-refractivity contribution in [3.63, 3.8) is 0 Å². The maximum atomic E-state index is 13.5. The number of hydrogen-bond donors (Lipinski definition) is 2. The number of hydrogen-bond acceptors (Lipinski definition) is 5. The highest BCUT2D eigenvalue weighted by Gasteiger charge is 2.42. The summed E-state index contributed by atoms with van der Waals surface area (Å²) in [5.74, 6) is 1.26. The van der Waals surface area contributed by atoms with Crippen molar-refractivity contribution in [2.24, 2.45) is 0 Å². The van der Waals surface area contributed by atoms with Crippen LogP contribution in [-0.4, -0.2) is 46.4 Å². The van der Waals surface area contributed by atoms with E-state index in [1.807, 2.05) is 30.0 Å². The normalized spacial score (nSPS) is 14.8. The maximum Gasteiger partial charge on any atom is 0.273 e. The molecule has 0 fully saturated rings. The summed E-state index contributed by atoms with van der Waals surface area (Å²) in [7, 11) is 1.62. The number of methoxy groups -OCH3 is 1. The van der Waals surface area contributed by atoms with Crippen LogP contribution in [0.5, 0.6) is 17.2 Å². The van der Waals surface area contributed by atoms with Crippen molar-refractivity contribution in [2.75, 3.05) is 20.3 Å². The first-order chi connectivity index (χ1) is 17.9. The van der Waals surface area contributed by atoms with E-state index in [0.717, 1.165) is 42.4 Å². The number of aromatic nitrogens is 2. The molecule has 4 rings (SSSR count). The van der Waals surface area contributed by atoms with Crippen LogP contribution in [0.4, 0.5) is 0 Å². The number of H-pyrrole nitrogens is 1. The van der Waals surface area contributed by atoms with Gasteiger partial charge in [0.1, 0.15) is 17.1 Å². The number of nitrogens with one attached hydrogen (secondary N) is 1. The number of benzene rings is 2. The lowest BCUT2D eigenvalue weighted by Crippen LogP contribution is -2.30. The van der Waals surface area contributed by atoms with Crippen molar-refractivity contribution in [3.05, 3.63) is 57.7 Å². The minimum atomic E-state index is -0.394. The molecular weight excluding hydrogens is 490 g/mol. The van der Waals surface area contributed by atoms with E-state index in [1.54, 1.807) is 19.2 Å². The van der Waals surface area contributed by atoms with Crippen LogP contribution in [0.3, 0.4) is 0 Å². The molecule has 0 saturated heterocycles. The minimum Gasteiger partial charge on any atom is -0.507 e. The summed E-state index contributed by atoms with van der Waals surface area (Å²) < 4.78 is 11.7. The lowest BCUT2D eigenvalue weighted by atomic mass is 9.95. The molecule has 1 aliphatic rings. The number of fused-ring (bicyclic) bond motifs is 1. The van der Waals surface area contributed by atoms with Crippen LogP contribution in [0.2, 0.25) is 5.02 Å². The number of amides is 1. The molecule has 0 radical (unpaired) electrons. The zero-order chi connectivity index (χ0) is 26.5. The summed E-state index contributed by atoms with van der Waals surface area (Å²) in [5, 5.41) is 18.7. The zero-order valence-corrected chi connectivity index (χ0v) is 22.8. The van der Waals surface area contributed by atoms with Crippen molar-refractivity contribution < 1.29 is 19.4 Å². The fourth-order valence-corrected chi connectivity index (χ4v) is 5.01. The lowest BCUT2D eigenvalue weighted by molar-refractivity contribution is 0.0741. The number of nitrogens with zero attached hydrogens (tertiary/aromatic N) is 2. The molecule has 7 nitrogen and oxygen atoms in total. The summed E-state index contributed by atoms with van der Waals surface area (Å²) >= 11 is 6.40. The lowest BCUT2D eigenvalue weighted by Gasteiger charge is -2.27. The Hall–Kier alpha value is -3.19. The smallest absolute Gasteiger partial charge is 0.273 e. The Morgan fingerprint density at radius 1 is 1.08 bits per heavy atom. The number of phenolic OH excluding ortho intramolecular Hbond substituents is 1. The van der Waals surface area contributed by atoms with Crippen molar-refractivity contribution in [3.8, 4) is 28.5 Å². The van der Waals surface area contributed by atoms with E-state index >= 15 is 0 Å². The third-order valence-electron chi connectivity index (χ3n) is 6.91. The summed E-state index contributed by atoms with van der Waals surface area (Å²) in [5.41, 5.74) is 3.82. The van der Waals surface area contributed by atoms with E-state index in [-0.39, 0.29) is 11.7 Å². The number of rotatable bonds is 12. The molecule has 0 saturated carbocycles. The van der Waals surface area contributed by atoms with Crippen LogP contribution in [0.15, 0.2) is 30.3 Å². The van der Waals surface area contributed by atoms with Crippen LogP contribution in [0.25, 0.3) is 11.3 Å². The van der Waals surface area contributed by atoms with Crippen molar-refractivity contribution in [1.82, 2.24) is 15.1 Å². The number of carbonyl (C=O) groups excluding carboxylic acids is 1. The second-order valence-electron chi connectivity index (χ2n) is 9.55. The number of unbranched alkanes of at least 4 members (excludes halogenated alkanes) is 4. The topological polar surface area (TPSA) is 87.7 Å². The molecular formula is C29H36ClN3O4. The number of ether oxygens (including phenoxy) is 2. The quantitative estimate of drug-likeness (QED) is 0.247. The second-order valence-corrected chi connectivity index (χ2v) is 9.96. The predicted molar refractivity (Wildman–Crippen MR) is 146 cm³/mol. The molecule has 3 aromatic rings. The monoisotopic (exact) mass is 525 g/mol. The van der Waals surface area contributed by atoms with Crippen molar-refractivity contribution >= 4 is 17.5 Å². The zero-order valence-electron chi connectivity index (χ0n) is 22.1. The van der Waals surface area contributed by atoms with Gasteiger partial charge < -0.3 is 19.5 Å². The van der Waals surface area contributed by atoms with Gasteiger partial charge >= 0.3 is 0 Å². The summed E-state index contributed by atoms with van der Waals surface area (Å²) in [6.45, 7) is 7.35. The molecule has 198 valence electrons. The van der Waals surface area contributed by atoms with E-state index in [1.165, 1.54) is 12.8 Å². The third kappa shape index (κ3) is 5.42. The van der Waals surface area contributed by atoms with Crippen molar-refractivity contribution in [2.45, 2.75) is 65.3 Å². The van der Waals surface area contributed by atoms with E-state index in [4.69, 9.17) is 21.1 Å². The minimum absolute atomic E-state index is 0.0683. The SMILES string of the molecule is CCCCCCOc1ccc(C2c3c(-c4cc(Cl)c(C)cc4O)n[nH]c3C(=O)N2CCCC)cc1OC. The Labute approximate surface area is 223 Å². The third-order valence-corrected chi connectivity index (χ3v) is 7.31. The van der Waals surface area contributed by atoms with E-state index in [0.29, 0.717) is 46.6 Å². The molecule has 1 aliphatic heterocycles. The van der Waals surface area contributed by atoms with Gasteiger partial charge in [-0.15, -0.1) is 0 Å². The molecule has 8 heteroatoms. The average molecular weight is 526 g/mol. The molecule has 37 heavy (non-hydrogen) atoms. The van der Waals surface area contributed by atoms with E-state index in [9.17, 15) is 9.90 Å². The van der Waals surface area contributed by atoms with Gasteiger partial charge in [0.05, 0.1) is 19.8 Å². The van der Waals surface area contributed by atoms with E-state index < -0.39 is 6.04 Å². The Kier molecular flexibility index (Phi) is 8.64.